The number of aromatic amines is 1. The normalized spacial score (nSPS) is 10.3. The van der Waals surface area contributed by atoms with Crippen LogP contribution in [0.3, 0.4) is 0 Å². The average molecular weight is 308 g/mol. The lowest BCUT2D eigenvalue weighted by atomic mass is 10.3. The molecule has 0 fully saturated rings. The summed E-state index contributed by atoms with van der Waals surface area (Å²) in [5.74, 6) is 6.62. The van der Waals surface area contributed by atoms with Gasteiger partial charge in [0, 0.05) is 28.1 Å². The Morgan fingerprint density at radius 3 is 3.20 bits per heavy atom. The first kappa shape index (κ1) is 14.9. The third kappa shape index (κ3) is 3.76. The monoisotopic (exact) mass is 308 g/mol. The fourth-order valence-electron chi connectivity index (χ4n) is 1.64. The van der Waals surface area contributed by atoms with Gasteiger partial charge < -0.3 is 5.73 Å². The summed E-state index contributed by atoms with van der Waals surface area (Å²) in [5, 5.41) is 9.30. The third-order valence-electron chi connectivity index (χ3n) is 2.50. The van der Waals surface area contributed by atoms with Crippen molar-refractivity contribution in [2.75, 3.05) is 6.54 Å². The Bertz CT molecular complexity index is 674. The number of nitrogens with one attached hydrogen (secondary N) is 1. The first-order valence-electron chi connectivity index (χ1n) is 6.29. The summed E-state index contributed by atoms with van der Waals surface area (Å²) in [6.45, 7) is 3.10. The van der Waals surface area contributed by atoms with Gasteiger partial charge >= 0.3 is 5.69 Å². The van der Waals surface area contributed by atoms with Crippen LogP contribution in [0.4, 0.5) is 0 Å². The second-order valence-corrected chi connectivity index (χ2v) is 6.00. The molecular formula is C13H16N4OS2. The number of H-pyrrole nitrogens is 1. The molecule has 106 valence electrons. The van der Waals surface area contributed by atoms with Crippen molar-refractivity contribution in [3.63, 3.8) is 0 Å². The summed E-state index contributed by atoms with van der Waals surface area (Å²) in [4.78, 5) is 12.8. The minimum absolute atomic E-state index is 0.143. The van der Waals surface area contributed by atoms with E-state index in [9.17, 15) is 4.79 Å². The Kier molecular flexibility index (Phi) is 5.47. The van der Waals surface area contributed by atoms with Crippen molar-refractivity contribution in [3.05, 3.63) is 32.4 Å². The van der Waals surface area contributed by atoms with Gasteiger partial charge in [-0.2, -0.15) is 0 Å². The molecule has 0 aromatic carbocycles. The molecule has 0 aliphatic rings. The quantitative estimate of drug-likeness (QED) is 0.650. The highest BCUT2D eigenvalue weighted by Crippen LogP contribution is 2.24. The molecule has 0 aliphatic carbocycles. The molecule has 20 heavy (non-hydrogen) atoms. The number of thioether (sulfide) groups is 1. The zero-order chi connectivity index (χ0) is 14.4. The van der Waals surface area contributed by atoms with E-state index in [1.54, 1.807) is 27.7 Å². The Morgan fingerprint density at radius 2 is 2.45 bits per heavy atom. The van der Waals surface area contributed by atoms with E-state index in [1.165, 1.54) is 4.88 Å². The van der Waals surface area contributed by atoms with Crippen LogP contribution in [0.1, 0.15) is 23.8 Å². The molecule has 2 aromatic heterocycles. The van der Waals surface area contributed by atoms with Crippen LogP contribution >= 0.6 is 23.1 Å². The number of nitrogens with zero attached hydrogens (tertiary/aromatic N) is 2. The van der Waals surface area contributed by atoms with Gasteiger partial charge in [0.15, 0.2) is 5.16 Å². The molecule has 0 bridgehead atoms. The SMILES string of the molecule is CCCn1c(SCc2cc(C#CCN)cs2)n[nH]c1=O. The van der Waals surface area contributed by atoms with E-state index in [0.717, 1.165) is 22.9 Å². The van der Waals surface area contributed by atoms with E-state index in [4.69, 9.17) is 5.73 Å². The summed E-state index contributed by atoms with van der Waals surface area (Å²) >= 11 is 3.21. The molecule has 3 N–H and O–H groups in total. The van der Waals surface area contributed by atoms with Gasteiger partial charge in [0.1, 0.15) is 0 Å². The van der Waals surface area contributed by atoms with Gasteiger partial charge in [-0.1, -0.05) is 30.5 Å². The molecule has 0 amide bonds. The molecule has 0 aliphatic heterocycles. The summed E-state index contributed by atoms with van der Waals surface area (Å²) in [6, 6.07) is 2.05. The highest BCUT2D eigenvalue weighted by Gasteiger charge is 2.08. The van der Waals surface area contributed by atoms with E-state index >= 15 is 0 Å². The average Bonchev–Trinajstić information content (AvgIpc) is 3.03. The number of nitrogens with two attached hydrogens (primary N) is 1. The van der Waals surface area contributed by atoms with Crippen molar-refractivity contribution in [1.82, 2.24) is 14.8 Å². The van der Waals surface area contributed by atoms with Crippen LogP contribution < -0.4 is 11.4 Å². The number of hydrogen-bond donors (Lipinski definition) is 2. The second-order valence-electron chi connectivity index (χ2n) is 4.06. The van der Waals surface area contributed by atoms with Crippen LogP contribution in [-0.2, 0) is 12.3 Å². The molecule has 2 rings (SSSR count). The zero-order valence-electron chi connectivity index (χ0n) is 11.2. The number of hydrogen-bond acceptors (Lipinski definition) is 5. The summed E-state index contributed by atoms with van der Waals surface area (Å²) in [5.41, 5.74) is 6.19. The van der Waals surface area contributed by atoms with Gasteiger partial charge in [0.05, 0.1) is 6.54 Å². The van der Waals surface area contributed by atoms with E-state index in [1.807, 2.05) is 12.3 Å². The predicted molar refractivity (Wildman–Crippen MR) is 83.0 cm³/mol. The molecule has 0 radical (unpaired) electrons. The molecule has 7 heteroatoms. The first-order chi connectivity index (χ1) is 9.74. The van der Waals surface area contributed by atoms with Crippen molar-refractivity contribution in [3.8, 4) is 11.8 Å². The maximum Gasteiger partial charge on any atom is 0.343 e. The summed E-state index contributed by atoms with van der Waals surface area (Å²) in [6.07, 6.45) is 0.908. The van der Waals surface area contributed by atoms with Crippen LogP contribution in [0.15, 0.2) is 21.4 Å². The topological polar surface area (TPSA) is 76.7 Å². The lowest BCUT2D eigenvalue weighted by molar-refractivity contribution is 0.604. The minimum Gasteiger partial charge on any atom is -0.320 e. The maximum absolute atomic E-state index is 11.6. The van der Waals surface area contributed by atoms with Crippen molar-refractivity contribution in [2.24, 2.45) is 5.73 Å². The van der Waals surface area contributed by atoms with Gasteiger partial charge in [0.2, 0.25) is 0 Å². The summed E-state index contributed by atoms with van der Waals surface area (Å²) < 4.78 is 1.67. The van der Waals surface area contributed by atoms with Crippen molar-refractivity contribution >= 4 is 23.1 Å². The minimum atomic E-state index is -0.143. The Labute approximate surface area is 125 Å². The summed E-state index contributed by atoms with van der Waals surface area (Å²) in [7, 11) is 0. The molecule has 2 aromatic rings. The molecule has 0 saturated heterocycles. The van der Waals surface area contributed by atoms with Gasteiger partial charge in [-0.05, 0) is 12.5 Å². The van der Waals surface area contributed by atoms with E-state index in [2.05, 4.69) is 28.1 Å². The lowest BCUT2D eigenvalue weighted by Crippen LogP contribution is -2.17. The molecule has 0 atom stereocenters. The Balaban J connectivity index is 2.02. The number of thiophene rings is 1. The van der Waals surface area contributed by atoms with Crippen LogP contribution in [0.5, 0.6) is 0 Å². The highest BCUT2D eigenvalue weighted by atomic mass is 32.2. The van der Waals surface area contributed by atoms with Crippen LogP contribution in [0.2, 0.25) is 0 Å². The fourth-order valence-corrected chi connectivity index (χ4v) is 3.49. The fraction of sp³-hybridized carbons (Fsp3) is 0.385. The molecule has 2 heterocycles. The predicted octanol–water partition coefficient (Wildman–Crippen LogP) is 1.65. The zero-order valence-corrected chi connectivity index (χ0v) is 12.8. The number of rotatable bonds is 5. The largest absolute Gasteiger partial charge is 0.343 e. The lowest BCUT2D eigenvalue weighted by Gasteiger charge is -2.02. The molecule has 0 spiro atoms. The van der Waals surface area contributed by atoms with Crippen LogP contribution in [-0.4, -0.2) is 21.3 Å². The van der Waals surface area contributed by atoms with Crippen LogP contribution in [0.25, 0.3) is 0 Å². The number of aromatic nitrogens is 3. The molecular weight excluding hydrogens is 292 g/mol. The van der Waals surface area contributed by atoms with E-state index in [0.29, 0.717) is 13.1 Å². The molecule has 0 saturated carbocycles. The first-order valence-corrected chi connectivity index (χ1v) is 8.15. The smallest absolute Gasteiger partial charge is 0.320 e. The van der Waals surface area contributed by atoms with Gasteiger partial charge in [-0.15, -0.1) is 16.4 Å². The Hall–Kier alpha value is -1.49. The van der Waals surface area contributed by atoms with Crippen LogP contribution in [0, 0.1) is 11.8 Å². The molecule has 0 unspecified atom stereocenters. The molecule has 5 nitrogen and oxygen atoms in total. The maximum atomic E-state index is 11.6. The van der Waals surface area contributed by atoms with Gasteiger partial charge in [0.25, 0.3) is 0 Å². The van der Waals surface area contributed by atoms with E-state index < -0.39 is 0 Å². The standard InChI is InChI=1S/C13H16N4OS2/c1-2-6-17-12(18)15-16-13(17)20-9-11-7-10(8-19-11)4-3-5-14/h7-8H,2,5-6,9,14H2,1H3,(H,15,18). The van der Waals surface area contributed by atoms with E-state index in [-0.39, 0.29) is 5.69 Å². The van der Waals surface area contributed by atoms with Crippen molar-refractivity contribution in [2.45, 2.75) is 30.8 Å². The van der Waals surface area contributed by atoms with Gasteiger partial charge in [-0.3, -0.25) is 4.57 Å². The second kappa shape index (κ2) is 7.33. The van der Waals surface area contributed by atoms with Crippen molar-refractivity contribution in [1.29, 1.82) is 0 Å². The van der Waals surface area contributed by atoms with Crippen molar-refractivity contribution < 1.29 is 0 Å². The Morgan fingerprint density at radius 1 is 1.60 bits per heavy atom. The highest BCUT2D eigenvalue weighted by molar-refractivity contribution is 7.98. The van der Waals surface area contributed by atoms with Gasteiger partial charge in [-0.25, -0.2) is 9.89 Å². The third-order valence-corrected chi connectivity index (χ3v) is 4.65.